The van der Waals surface area contributed by atoms with E-state index in [9.17, 15) is 9.18 Å². The van der Waals surface area contributed by atoms with Gasteiger partial charge in [0, 0.05) is 11.5 Å². The molecule has 0 aromatic heterocycles. The van der Waals surface area contributed by atoms with E-state index in [1.165, 1.54) is 0 Å². The van der Waals surface area contributed by atoms with E-state index in [0.29, 0.717) is 0 Å². The third-order valence-corrected chi connectivity index (χ3v) is 0.954. The van der Waals surface area contributed by atoms with Crippen LogP contribution >= 0.6 is 0 Å². The standard InChI is InChI=1S/C7H11FO/c1-7(2,3)6(9)4-5-8/h4-5H,1-3H3/b5-4+. The molecule has 0 amide bonds. The summed E-state index contributed by atoms with van der Waals surface area (Å²) >= 11 is 0. The third-order valence-electron chi connectivity index (χ3n) is 0.954. The monoisotopic (exact) mass is 130 g/mol. The molecule has 0 aliphatic rings. The number of carbonyl (C=O) groups excluding carboxylic acids is 1. The summed E-state index contributed by atoms with van der Waals surface area (Å²) in [4.78, 5) is 10.7. The fourth-order valence-corrected chi connectivity index (χ4v) is 0.307. The number of rotatable bonds is 1. The van der Waals surface area contributed by atoms with Gasteiger partial charge in [0.1, 0.15) is 0 Å². The molecule has 0 unspecified atom stereocenters. The fraction of sp³-hybridized carbons (Fsp3) is 0.571. The van der Waals surface area contributed by atoms with E-state index >= 15 is 0 Å². The maximum atomic E-state index is 11.4. The minimum atomic E-state index is -0.456. The molecular formula is C7H11FO. The van der Waals surface area contributed by atoms with E-state index in [0.717, 1.165) is 6.08 Å². The SMILES string of the molecule is CC(C)(C)C(=O)/C=C/F. The van der Waals surface area contributed by atoms with Gasteiger partial charge in [-0.05, 0) is 0 Å². The summed E-state index contributed by atoms with van der Waals surface area (Å²) in [6, 6.07) is 0. The molecule has 1 nitrogen and oxygen atoms in total. The molecule has 2 heteroatoms. The van der Waals surface area contributed by atoms with Gasteiger partial charge in [-0.2, -0.15) is 0 Å². The molecule has 0 aliphatic heterocycles. The molecule has 0 heterocycles. The van der Waals surface area contributed by atoms with Crippen LogP contribution in [0, 0.1) is 5.41 Å². The Hall–Kier alpha value is -0.660. The number of allylic oxidation sites excluding steroid dienone is 1. The van der Waals surface area contributed by atoms with E-state index in [1.54, 1.807) is 20.8 Å². The zero-order valence-electron chi connectivity index (χ0n) is 5.94. The molecule has 0 aromatic rings. The molecular weight excluding hydrogens is 119 g/mol. The van der Waals surface area contributed by atoms with Gasteiger partial charge in [-0.15, -0.1) is 0 Å². The zero-order valence-corrected chi connectivity index (χ0v) is 5.94. The Morgan fingerprint density at radius 1 is 1.44 bits per heavy atom. The Morgan fingerprint density at radius 2 is 1.89 bits per heavy atom. The van der Waals surface area contributed by atoms with Gasteiger partial charge >= 0.3 is 0 Å². The molecule has 0 fully saturated rings. The van der Waals surface area contributed by atoms with Gasteiger partial charge in [-0.25, -0.2) is 4.39 Å². The van der Waals surface area contributed by atoms with Crippen LogP contribution in [-0.2, 0) is 4.79 Å². The summed E-state index contributed by atoms with van der Waals surface area (Å²) in [5.41, 5.74) is -0.456. The van der Waals surface area contributed by atoms with Crippen LogP contribution in [0.2, 0.25) is 0 Å². The quantitative estimate of drug-likeness (QED) is 0.497. The highest BCUT2D eigenvalue weighted by Gasteiger charge is 2.17. The van der Waals surface area contributed by atoms with E-state index in [1.807, 2.05) is 0 Å². The van der Waals surface area contributed by atoms with Gasteiger partial charge in [0.15, 0.2) is 5.78 Å². The lowest BCUT2D eigenvalue weighted by molar-refractivity contribution is -0.121. The maximum Gasteiger partial charge on any atom is 0.163 e. The summed E-state index contributed by atoms with van der Waals surface area (Å²) in [5, 5.41) is 0. The number of ketones is 1. The Labute approximate surface area is 54.6 Å². The second kappa shape index (κ2) is 2.76. The number of halogens is 1. The van der Waals surface area contributed by atoms with Crippen molar-refractivity contribution in [2.45, 2.75) is 20.8 Å². The van der Waals surface area contributed by atoms with Gasteiger partial charge in [-0.3, -0.25) is 4.79 Å². The molecule has 0 rings (SSSR count). The van der Waals surface area contributed by atoms with E-state index in [-0.39, 0.29) is 12.1 Å². The van der Waals surface area contributed by atoms with Crippen LogP contribution in [0.25, 0.3) is 0 Å². The van der Waals surface area contributed by atoms with Crippen molar-refractivity contribution in [3.05, 3.63) is 12.4 Å². The summed E-state index contributed by atoms with van der Waals surface area (Å²) < 4.78 is 11.4. The number of hydrogen-bond acceptors (Lipinski definition) is 1. The smallest absolute Gasteiger partial charge is 0.163 e. The molecule has 0 saturated heterocycles. The van der Waals surface area contributed by atoms with Crippen LogP contribution in [0.4, 0.5) is 4.39 Å². The van der Waals surface area contributed by atoms with Crippen molar-refractivity contribution in [3.8, 4) is 0 Å². The zero-order chi connectivity index (χ0) is 7.49. The van der Waals surface area contributed by atoms with Crippen molar-refractivity contribution in [3.63, 3.8) is 0 Å². The first-order chi connectivity index (χ1) is 3.98. The minimum Gasteiger partial charge on any atom is -0.294 e. The molecule has 0 bridgehead atoms. The minimum absolute atomic E-state index is 0.190. The van der Waals surface area contributed by atoms with E-state index in [4.69, 9.17) is 0 Å². The lowest BCUT2D eigenvalue weighted by Crippen LogP contribution is -2.16. The van der Waals surface area contributed by atoms with Crippen LogP contribution in [0.3, 0.4) is 0 Å². The predicted molar refractivity (Wildman–Crippen MR) is 34.7 cm³/mol. The van der Waals surface area contributed by atoms with Crippen LogP contribution in [0.15, 0.2) is 12.4 Å². The Bertz CT molecular complexity index is 130. The molecule has 0 radical (unpaired) electrons. The molecule has 0 saturated carbocycles. The molecule has 0 aliphatic carbocycles. The lowest BCUT2D eigenvalue weighted by atomic mass is 9.91. The average molecular weight is 130 g/mol. The topological polar surface area (TPSA) is 17.1 Å². The van der Waals surface area contributed by atoms with Gasteiger partial charge in [0.2, 0.25) is 0 Å². The highest BCUT2D eigenvalue weighted by molar-refractivity contribution is 5.93. The third kappa shape index (κ3) is 3.01. The van der Waals surface area contributed by atoms with Crippen LogP contribution in [0.1, 0.15) is 20.8 Å². The van der Waals surface area contributed by atoms with Gasteiger partial charge in [0.05, 0.1) is 6.33 Å². The first kappa shape index (κ1) is 8.34. The summed E-state index contributed by atoms with van der Waals surface area (Å²) in [7, 11) is 0. The van der Waals surface area contributed by atoms with E-state index < -0.39 is 5.41 Å². The van der Waals surface area contributed by atoms with Gasteiger partial charge in [0.25, 0.3) is 0 Å². The maximum absolute atomic E-state index is 11.4. The van der Waals surface area contributed by atoms with Crippen molar-refractivity contribution < 1.29 is 9.18 Å². The highest BCUT2D eigenvalue weighted by Crippen LogP contribution is 2.14. The highest BCUT2D eigenvalue weighted by atomic mass is 19.1. The number of carbonyl (C=O) groups is 1. The number of hydrogen-bond donors (Lipinski definition) is 0. The first-order valence-corrected chi connectivity index (χ1v) is 2.79. The Kier molecular flexibility index (Phi) is 2.56. The van der Waals surface area contributed by atoms with E-state index in [2.05, 4.69) is 0 Å². The van der Waals surface area contributed by atoms with Crippen molar-refractivity contribution in [2.75, 3.05) is 0 Å². The summed E-state index contributed by atoms with van der Waals surface area (Å²) in [5.74, 6) is -0.190. The molecule has 9 heavy (non-hydrogen) atoms. The summed E-state index contributed by atoms with van der Waals surface area (Å²) in [6.45, 7) is 5.24. The van der Waals surface area contributed by atoms with Crippen molar-refractivity contribution in [2.24, 2.45) is 5.41 Å². The molecule has 0 atom stereocenters. The second-order valence-corrected chi connectivity index (χ2v) is 2.91. The predicted octanol–water partition coefficient (Wildman–Crippen LogP) is 2.08. The molecule has 0 aromatic carbocycles. The van der Waals surface area contributed by atoms with Gasteiger partial charge in [-0.1, -0.05) is 20.8 Å². The van der Waals surface area contributed by atoms with Crippen LogP contribution in [-0.4, -0.2) is 5.78 Å². The Balaban J connectivity index is 4.06. The van der Waals surface area contributed by atoms with Gasteiger partial charge < -0.3 is 0 Å². The largest absolute Gasteiger partial charge is 0.294 e. The van der Waals surface area contributed by atoms with Crippen LogP contribution < -0.4 is 0 Å². The molecule has 52 valence electrons. The first-order valence-electron chi connectivity index (χ1n) is 2.79. The van der Waals surface area contributed by atoms with Crippen molar-refractivity contribution in [1.82, 2.24) is 0 Å². The van der Waals surface area contributed by atoms with Crippen molar-refractivity contribution in [1.29, 1.82) is 0 Å². The summed E-state index contributed by atoms with van der Waals surface area (Å²) in [6.07, 6.45) is 1.22. The normalized spacial score (nSPS) is 12.4. The fourth-order valence-electron chi connectivity index (χ4n) is 0.307. The second-order valence-electron chi connectivity index (χ2n) is 2.91. The molecule has 0 spiro atoms. The Morgan fingerprint density at radius 3 is 2.00 bits per heavy atom. The van der Waals surface area contributed by atoms with Crippen molar-refractivity contribution >= 4 is 5.78 Å². The molecule has 0 N–H and O–H groups in total. The van der Waals surface area contributed by atoms with Crippen LogP contribution in [0.5, 0.6) is 0 Å². The average Bonchev–Trinajstić information content (AvgIpc) is 1.64. The lowest BCUT2D eigenvalue weighted by Gasteiger charge is -2.11.